The number of hydrogen-bond acceptors (Lipinski definition) is 4. The number of β-amino-alcohol motifs (C(OH)–C–C–N with tert-alkyl or cyclic N) is 1. The molecule has 3 heterocycles. The van der Waals surface area contributed by atoms with E-state index < -0.39 is 11.7 Å². The average Bonchev–Trinajstić information content (AvgIpc) is 2.97. The minimum Gasteiger partial charge on any atom is -0.388 e. The third-order valence-corrected chi connectivity index (χ3v) is 4.37. The van der Waals surface area contributed by atoms with Crippen LogP contribution in [0.4, 0.5) is 0 Å². The van der Waals surface area contributed by atoms with Gasteiger partial charge in [0.25, 0.3) is 5.91 Å². The maximum absolute atomic E-state index is 12.6. The van der Waals surface area contributed by atoms with E-state index in [0.717, 1.165) is 5.52 Å². The lowest BCUT2D eigenvalue weighted by Gasteiger charge is -2.41. The molecule has 0 bridgehead atoms. The number of likely N-dealkylation sites (tertiary alicyclic amines) is 1. The molecule has 2 aromatic heterocycles. The van der Waals surface area contributed by atoms with Gasteiger partial charge in [-0.1, -0.05) is 13.0 Å². The van der Waals surface area contributed by atoms with Gasteiger partial charge in [0, 0.05) is 13.1 Å². The summed E-state index contributed by atoms with van der Waals surface area (Å²) in [5, 5.41) is 24.5. The molecule has 0 saturated carbocycles. The number of piperidine rings is 1. The van der Waals surface area contributed by atoms with Crippen molar-refractivity contribution in [3.8, 4) is 0 Å². The normalized spacial score (nSPS) is 26.2. The first-order valence-corrected chi connectivity index (χ1v) is 7.17. The van der Waals surface area contributed by atoms with Crippen molar-refractivity contribution in [2.45, 2.75) is 31.5 Å². The molecule has 1 amide bonds. The molecule has 2 N–H and O–H groups in total. The fourth-order valence-electron chi connectivity index (χ4n) is 2.84. The number of aromatic nitrogens is 2. The van der Waals surface area contributed by atoms with E-state index in [1.54, 1.807) is 21.7 Å². The second-order valence-corrected chi connectivity index (χ2v) is 5.55. The van der Waals surface area contributed by atoms with Gasteiger partial charge in [-0.25, -0.2) is 4.52 Å². The largest absolute Gasteiger partial charge is 0.388 e. The van der Waals surface area contributed by atoms with Crippen molar-refractivity contribution in [2.75, 3.05) is 13.1 Å². The van der Waals surface area contributed by atoms with Gasteiger partial charge in [-0.2, -0.15) is 5.10 Å². The standard InChI is InChI=1S/C15H19N3O3/c1-2-15(21)7-9-17(10-13(15)19)14(20)12-5-3-4-11-6-8-16-18(11)12/h3-6,8,13,19,21H,2,7,9-10H2,1H3/t13-,15-/m1/s1. The van der Waals surface area contributed by atoms with E-state index in [1.165, 1.54) is 0 Å². The summed E-state index contributed by atoms with van der Waals surface area (Å²) in [5.74, 6) is -0.179. The van der Waals surface area contributed by atoms with Crippen LogP contribution in [0.1, 0.15) is 30.3 Å². The number of hydrogen-bond donors (Lipinski definition) is 2. The van der Waals surface area contributed by atoms with E-state index in [9.17, 15) is 15.0 Å². The maximum atomic E-state index is 12.6. The van der Waals surface area contributed by atoms with Crippen LogP contribution in [0.3, 0.4) is 0 Å². The van der Waals surface area contributed by atoms with Gasteiger partial charge in [0.15, 0.2) is 0 Å². The number of amides is 1. The van der Waals surface area contributed by atoms with Gasteiger partial charge >= 0.3 is 0 Å². The van der Waals surface area contributed by atoms with Crippen molar-refractivity contribution < 1.29 is 15.0 Å². The molecule has 2 aromatic rings. The first-order valence-electron chi connectivity index (χ1n) is 7.17. The number of fused-ring (bicyclic) bond motifs is 1. The van der Waals surface area contributed by atoms with Gasteiger partial charge in [-0.05, 0) is 31.0 Å². The van der Waals surface area contributed by atoms with Crippen LogP contribution in [0.5, 0.6) is 0 Å². The van der Waals surface area contributed by atoms with Crippen molar-refractivity contribution in [1.82, 2.24) is 14.5 Å². The van der Waals surface area contributed by atoms with Crippen LogP contribution in [0.15, 0.2) is 30.5 Å². The van der Waals surface area contributed by atoms with Crippen LogP contribution in [0.2, 0.25) is 0 Å². The first-order chi connectivity index (χ1) is 10.0. The highest BCUT2D eigenvalue weighted by molar-refractivity contribution is 5.93. The Morgan fingerprint density at radius 1 is 1.48 bits per heavy atom. The Morgan fingerprint density at radius 2 is 2.29 bits per heavy atom. The zero-order valence-corrected chi connectivity index (χ0v) is 11.9. The minimum atomic E-state index is -1.09. The van der Waals surface area contributed by atoms with Gasteiger partial charge in [-0.3, -0.25) is 4.79 Å². The van der Waals surface area contributed by atoms with Gasteiger partial charge < -0.3 is 15.1 Å². The molecule has 3 rings (SSSR count). The number of aliphatic hydroxyl groups excluding tert-OH is 1. The second-order valence-electron chi connectivity index (χ2n) is 5.55. The molecule has 0 aromatic carbocycles. The van der Waals surface area contributed by atoms with Crippen LogP contribution < -0.4 is 0 Å². The highest BCUT2D eigenvalue weighted by atomic mass is 16.3. The Labute approximate surface area is 122 Å². The minimum absolute atomic E-state index is 0.140. The lowest BCUT2D eigenvalue weighted by atomic mass is 9.86. The zero-order chi connectivity index (χ0) is 15.0. The Bertz CT molecular complexity index is 669. The molecule has 112 valence electrons. The van der Waals surface area contributed by atoms with E-state index in [1.807, 2.05) is 25.1 Å². The van der Waals surface area contributed by atoms with Crippen LogP contribution in [-0.4, -0.2) is 55.4 Å². The predicted molar refractivity (Wildman–Crippen MR) is 77.0 cm³/mol. The Kier molecular flexibility index (Phi) is 3.43. The molecular formula is C15H19N3O3. The maximum Gasteiger partial charge on any atom is 0.272 e. The third-order valence-electron chi connectivity index (χ3n) is 4.37. The highest BCUT2D eigenvalue weighted by Gasteiger charge is 2.40. The summed E-state index contributed by atoms with van der Waals surface area (Å²) in [7, 11) is 0. The Morgan fingerprint density at radius 3 is 3.00 bits per heavy atom. The molecule has 1 aliphatic rings. The van der Waals surface area contributed by atoms with E-state index in [2.05, 4.69) is 5.10 Å². The Hall–Kier alpha value is -1.92. The topological polar surface area (TPSA) is 78.1 Å². The van der Waals surface area contributed by atoms with Gasteiger partial charge in [0.1, 0.15) is 11.8 Å². The molecule has 21 heavy (non-hydrogen) atoms. The summed E-state index contributed by atoms with van der Waals surface area (Å²) in [6.07, 6.45) is 1.58. The van der Waals surface area contributed by atoms with Crippen molar-refractivity contribution in [1.29, 1.82) is 0 Å². The van der Waals surface area contributed by atoms with E-state index in [0.29, 0.717) is 25.1 Å². The monoisotopic (exact) mass is 289 g/mol. The fraction of sp³-hybridized carbons (Fsp3) is 0.467. The molecule has 0 aliphatic carbocycles. The summed E-state index contributed by atoms with van der Waals surface area (Å²) >= 11 is 0. The summed E-state index contributed by atoms with van der Waals surface area (Å²) in [6, 6.07) is 7.24. The number of rotatable bonds is 2. The molecular weight excluding hydrogens is 270 g/mol. The lowest BCUT2D eigenvalue weighted by molar-refractivity contribution is -0.114. The molecule has 1 fully saturated rings. The summed E-state index contributed by atoms with van der Waals surface area (Å²) in [5.41, 5.74) is 0.226. The van der Waals surface area contributed by atoms with Gasteiger partial charge in [0.2, 0.25) is 0 Å². The fourth-order valence-corrected chi connectivity index (χ4v) is 2.84. The first kappa shape index (κ1) is 14.0. The third kappa shape index (κ3) is 2.30. The molecule has 0 radical (unpaired) electrons. The molecule has 0 unspecified atom stereocenters. The second kappa shape index (κ2) is 5.13. The van der Waals surface area contributed by atoms with Gasteiger partial charge in [-0.15, -0.1) is 0 Å². The Balaban J connectivity index is 1.85. The SMILES string of the molecule is CC[C@@]1(O)CCN(C(=O)c2cccc3ccnn23)C[C@H]1O. The highest BCUT2D eigenvalue weighted by Crippen LogP contribution is 2.26. The molecule has 1 saturated heterocycles. The van der Waals surface area contributed by atoms with E-state index in [4.69, 9.17) is 0 Å². The van der Waals surface area contributed by atoms with E-state index >= 15 is 0 Å². The van der Waals surface area contributed by atoms with Crippen molar-refractivity contribution in [2.24, 2.45) is 0 Å². The number of aliphatic hydroxyl groups is 2. The molecule has 6 nitrogen and oxygen atoms in total. The van der Waals surface area contributed by atoms with Crippen LogP contribution in [0.25, 0.3) is 5.52 Å². The number of nitrogens with zero attached hydrogens (tertiary/aromatic N) is 3. The summed E-state index contributed by atoms with van der Waals surface area (Å²) in [6.45, 7) is 2.41. The van der Waals surface area contributed by atoms with Crippen molar-refractivity contribution >= 4 is 11.4 Å². The van der Waals surface area contributed by atoms with E-state index in [-0.39, 0.29) is 12.5 Å². The predicted octanol–water partition coefficient (Wildman–Crippen LogP) is 0.682. The zero-order valence-electron chi connectivity index (χ0n) is 11.9. The average molecular weight is 289 g/mol. The van der Waals surface area contributed by atoms with Crippen molar-refractivity contribution in [3.05, 3.63) is 36.2 Å². The van der Waals surface area contributed by atoms with Gasteiger partial charge in [0.05, 0.1) is 17.3 Å². The summed E-state index contributed by atoms with van der Waals surface area (Å²) < 4.78 is 1.59. The van der Waals surface area contributed by atoms with Crippen LogP contribution >= 0.6 is 0 Å². The smallest absolute Gasteiger partial charge is 0.272 e. The molecule has 6 heteroatoms. The van der Waals surface area contributed by atoms with Crippen molar-refractivity contribution in [3.63, 3.8) is 0 Å². The summed E-state index contributed by atoms with van der Waals surface area (Å²) in [4.78, 5) is 14.2. The number of carbonyl (C=O) groups excluding carboxylic acids is 1. The molecule has 2 atom stereocenters. The van der Waals surface area contributed by atoms with Crippen LogP contribution in [0, 0.1) is 0 Å². The number of pyridine rings is 1. The quantitative estimate of drug-likeness (QED) is 0.852. The molecule has 1 aliphatic heterocycles. The van der Waals surface area contributed by atoms with Crippen LogP contribution in [-0.2, 0) is 0 Å². The molecule has 0 spiro atoms. The number of carbonyl (C=O) groups is 1. The lowest BCUT2D eigenvalue weighted by Crippen LogP contribution is -2.56.